The van der Waals surface area contributed by atoms with Crippen LogP contribution in [0.3, 0.4) is 0 Å². The van der Waals surface area contributed by atoms with Crippen LogP contribution in [0, 0.1) is 0 Å². The molecule has 5 aromatic rings. The summed E-state index contributed by atoms with van der Waals surface area (Å²) < 4.78 is 18.4. The number of anilines is 1. The summed E-state index contributed by atoms with van der Waals surface area (Å²) in [4.78, 5) is 19.4. The summed E-state index contributed by atoms with van der Waals surface area (Å²) in [5, 5.41) is 4.03. The fourth-order valence-corrected chi connectivity index (χ4v) is 5.87. The molecule has 0 saturated carbocycles. The number of hydrogen-bond donors (Lipinski definition) is 1. The maximum atomic E-state index is 13.2. The molecular weight excluding hydrogens is 514 g/mol. The molecule has 41 heavy (non-hydrogen) atoms. The van der Waals surface area contributed by atoms with Crippen LogP contribution in [0.15, 0.2) is 94.4 Å². The minimum atomic E-state index is -0.0336. The minimum Gasteiger partial charge on any atom is -0.492 e. The third-order valence-corrected chi connectivity index (χ3v) is 7.90. The predicted molar refractivity (Wildman–Crippen MR) is 161 cm³/mol. The van der Waals surface area contributed by atoms with E-state index in [2.05, 4.69) is 57.7 Å². The highest BCUT2D eigenvalue weighted by Crippen LogP contribution is 2.47. The number of nitrogens with one attached hydrogen (secondary N) is 1. The van der Waals surface area contributed by atoms with Crippen molar-refractivity contribution in [3.63, 3.8) is 0 Å². The Bertz CT molecular complexity index is 1760. The van der Waals surface area contributed by atoms with Crippen LogP contribution < -0.4 is 20.4 Å². The Morgan fingerprint density at radius 3 is 2.61 bits per heavy atom. The number of hydrogen-bond acceptors (Lipinski definition) is 7. The second-order valence-electron chi connectivity index (χ2n) is 10.4. The molecule has 3 heterocycles. The van der Waals surface area contributed by atoms with Crippen LogP contribution >= 0.6 is 0 Å². The standard InChI is InChI=1S/C34H31N3O4/c38-30-21-32(37-15-18-39-19-16-37)41-34-27(6-3-7-28(30)34)26-8-9-31(33-25-5-2-1-4-24(25)20-29(26)33)40-17-14-36-22-23-10-12-35-13-11-23/h1-13,21,36H,14-20,22H2. The van der Waals surface area contributed by atoms with Crippen LogP contribution in [0.25, 0.3) is 33.2 Å². The first-order valence-corrected chi connectivity index (χ1v) is 14.1. The normalized spacial score (nSPS) is 14.2. The first-order valence-electron chi connectivity index (χ1n) is 14.1. The molecule has 1 N–H and O–H groups in total. The minimum absolute atomic E-state index is 0.0336. The maximum Gasteiger partial charge on any atom is 0.200 e. The lowest BCUT2D eigenvalue weighted by molar-refractivity contribution is 0.121. The lowest BCUT2D eigenvalue weighted by atomic mass is 9.93. The lowest BCUT2D eigenvalue weighted by Crippen LogP contribution is -2.36. The van der Waals surface area contributed by atoms with Gasteiger partial charge < -0.3 is 24.1 Å². The van der Waals surface area contributed by atoms with Crippen molar-refractivity contribution in [2.24, 2.45) is 0 Å². The van der Waals surface area contributed by atoms with Crippen LogP contribution in [0.2, 0.25) is 0 Å². The van der Waals surface area contributed by atoms with Crippen molar-refractivity contribution in [3.8, 4) is 28.0 Å². The van der Waals surface area contributed by atoms with Gasteiger partial charge in [-0.2, -0.15) is 0 Å². The van der Waals surface area contributed by atoms with Gasteiger partial charge >= 0.3 is 0 Å². The van der Waals surface area contributed by atoms with E-state index in [0.717, 1.165) is 42.0 Å². The van der Waals surface area contributed by atoms with Gasteiger partial charge in [-0.15, -0.1) is 0 Å². The van der Waals surface area contributed by atoms with Gasteiger partial charge in [0.05, 0.1) is 18.6 Å². The third kappa shape index (κ3) is 4.99. The van der Waals surface area contributed by atoms with Crippen molar-refractivity contribution in [2.75, 3.05) is 44.4 Å². The van der Waals surface area contributed by atoms with Crippen LogP contribution in [-0.4, -0.2) is 44.4 Å². The third-order valence-electron chi connectivity index (χ3n) is 7.90. The molecule has 1 saturated heterocycles. The molecule has 0 atom stereocenters. The molecule has 0 bridgehead atoms. The Morgan fingerprint density at radius 1 is 0.902 bits per heavy atom. The van der Waals surface area contributed by atoms with Crippen molar-refractivity contribution in [1.82, 2.24) is 10.3 Å². The fourth-order valence-electron chi connectivity index (χ4n) is 5.87. The molecule has 2 aliphatic rings. The van der Waals surface area contributed by atoms with Gasteiger partial charge in [-0.3, -0.25) is 9.78 Å². The van der Waals surface area contributed by atoms with Crippen LogP contribution in [0.4, 0.5) is 5.88 Å². The lowest BCUT2D eigenvalue weighted by Gasteiger charge is -2.27. The Balaban J connectivity index is 1.24. The average Bonchev–Trinajstić information content (AvgIpc) is 3.42. The zero-order valence-electron chi connectivity index (χ0n) is 22.8. The molecule has 0 unspecified atom stereocenters. The van der Waals surface area contributed by atoms with E-state index in [1.165, 1.54) is 22.3 Å². The number of benzene rings is 3. The highest BCUT2D eigenvalue weighted by Gasteiger charge is 2.27. The summed E-state index contributed by atoms with van der Waals surface area (Å²) in [5.74, 6) is 1.47. The predicted octanol–water partition coefficient (Wildman–Crippen LogP) is 5.43. The largest absolute Gasteiger partial charge is 0.492 e. The molecule has 0 spiro atoms. The Morgan fingerprint density at radius 2 is 1.73 bits per heavy atom. The average molecular weight is 546 g/mol. The SMILES string of the molecule is O=c1cc(N2CCOCC2)oc2c(-c3ccc(OCCNCc4ccncc4)c4c3Cc3ccccc3-4)cccc12. The Kier molecular flexibility index (Phi) is 6.96. The van der Waals surface area contributed by atoms with E-state index in [1.54, 1.807) is 18.5 Å². The van der Waals surface area contributed by atoms with Crippen molar-refractivity contribution in [3.05, 3.63) is 112 Å². The Hall–Kier alpha value is -4.46. The van der Waals surface area contributed by atoms with E-state index in [9.17, 15) is 4.79 Å². The van der Waals surface area contributed by atoms with Crippen LogP contribution in [0.5, 0.6) is 5.75 Å². The maximum absolute atomic E-state index is 13.2. The number of rotatable bonds is 8. The fraction of sp³-hybridized carbons (Fsp3) is 0.235. The quantitative estimate of drug-likeness (QED) is 0.256. The van der Waals surface area contributed by atoms with E-state index in [-0.39, 0.29) is 5.43 Å². The summed E-state index contributed by atoms with van der Waals surface area (Å²) >= 11 is 0. The first-order chi connectivity index (χ1) is 20.3. The number of para-hydroxylation sites is 1. The van der Waals surface area contributed by atoms with Gasteiger partial charge in [-0.25, -0.2) is 0 Å². The van der Waals surface area contributed by atoms with Crippen molar-refractivity contribution < 1.29 is 13.9 Å². The smallest absolute Gasteiger partial charge is 0.200 e. The van der Waals surface area contributed by atoms with Crippen molar-refractivity contribution in [1.29, 1.82) is 0 Å². The van der Waals surface area contributed by atoms with E-state index in [4.69, 9.17) is 13.9 Å². The second-order valence-corrected chi connectivity index (χ2v) is 10.4. The highest BCUT2D eigenvalue weighted by molar-refractivity contribution is 5.97. The summed E-state index contributed by atoms with van der Waals surface area (Å²) in [6.45, 7) is 4.68. The molecular formula is C34H31N3O4. The molecule has 1 fully saturated rings. The number of nitrogens with zero attached hydrogens (tertiary/aromatic N) is 2. The van der Waals surface area contributed by atoms with Gasteiger partial charge in [0.2, 0.25) is 0 Å². The van der Waals surface area contributed by atoms with Gasteiger partial charge in [0, 0.05) is 55.8 Å². The van der Waals surface area contributed by atoms with Crippen LogP contribution in [-0.2, 0) is 17.7 Å². The van der Waals surface area contributed by atoms with E-state index < -0.39 is 0 Å². The van der Waals surface area contributed by atoms with E-state index in [0.29, 0.717) is 49.8 Å². The molecule has 0 amide bonds. The molecule has 7 rings (SSSR count). The number of ether oxygens (including phenoxy) is 2. The monoisotopic (exact) mass is 545 g/mol. The van der Waals surface area contributed by atoms with Gasteiger partial charge in [-0.1, -0.05) is 42.5 Å². The number of fused-ring (bicyclic) bond motifs is 4. The number of pyridine rings is 1. The summed E-state index contributed by atoms with van der Waals surface area (Å²) in [5.41, 5.74) is 8.54. The van der Waals surface area contributed by atoms with Gasteiger partial charge in [0.15, 0.2) is 11.3 Å². The molecule has 2 aromatic heterocycles. The summed E-state index contributed by atoms with van der Waals surface area (Å²) in [6, 6.07) is 24.1. The molecule has 0 radical (unpaired) electrons. The van der Waals surface area contributed by atoms with Crippen LogP contribution in [0.1, 0.15) is 16.7 Å². The molecule has 1 aliphatic carbocycles. The van der Waals surface area contributed by atoms with Gasteiger partial charge in [0.1, 0.15) is 17.9 Å². The second kappa shape index (κ2) is 11.2. The number of aromatic nitrogens is 1. The molecule has 1 aliphatic heterocycles. The van der Waals surface area contributed by atoms with Crippen molar-refractivity contribution >= 4 is 16.9 Å². The van der Waals surface area contributed by atoms with E-state index >= 15 is 0 Å². The summed E-state index contributed by atoms with van der Waals surface area (Å²) in [7, 11) is 0. The van der Waals surface area contributed by atoms with E-state index in [1.807, 2.05) is 24.3 Å². The van der Waals surface area contributed by atoms with Crippen molar-refractivity contribution in [2.45, 2.75) is 13.0 Å². The molecule has 206 valence electrons. The Labute approximate surface area is 238 Å². The molecule has 3 aromatic carbocycles. The van der Waals surface area contributed by atoms with Gasteiger partial charge in [0.25, 0.3) is 0 Å². The zero-order valence-corrected chi connectivity index (χ0v) is 22.8. The molecule has 7 heteroatoms. The molecule has 7 nitrogen and oxygen atoms in total. The highest BCUT2D eigenvalue weighted by atomic mass is 16.5. The van der Waals surface area contributed by atoms with Gasteiger partial charge in [-0.05, 0) is 58.5 Å². The topological polar surface area (TPSA) is 76.8 Å². The number of morpholine rings is 1. The zero-order chi connectivity index (χ0) is 27.6. The summed E-state index contributed by atoms with van der Waals surface area (Å²) in [6.07, 6.45) is 4.41. The first kappa shape index (κ1) is 25.5.